The molecular formula is C18H22N2O3. The molecule has 5 heteroatoms. The van der Waals surface area contributed by atoms with Crippen LogP contribution >= 0.6 is 0 Å². The Labute approximate surface area is 136 Å². The fraction of sp³-hybridized carbons (Fsp3) is 0.333. The van der Waals surface area contributed by atoms with E-state index in [9.17, 15) is 0 Å². The monoisotopic (exact) mass is 314 g/mol. The zero-order valence-corrected chi connectivity index (χ0v) is 13.5. The summed E-state index contributed by atoms with van der Waals surface area (Å²) in [5, 5.41) is 3.52. The molecule has 1 aliphatic heterocycles. The molecule has 122 valence electrons. The van der Waals surface area contributed by atoms with Gasteiger partial charge in [0, 0.05) is 12.6 Å². The summed E-state index contributed by atoms with van der Waals surface area (Å²) >= 11 is 0. The number of nitrogen functional groups attached to an aromatic ring is 1. The number of rotatable bonds is 6. The number of benzene rings is 2. The minimum absolute atomic E-state index is 0.307. The Morgan fingerprint density at radius 2 is 1.91 bits per heavy atom. The minimum atomic E-state index is 0.307. The van der Waals surface area contributed by atoms with E-state index in [2.05, 4.69) is 18.3 Å². The van der Waals surface area contributed by atoms with Crippen molar-refractivity contribution < 1.29 is 14.2 Å². The highest BCUT2D eigenvalue weighted by atomic mass is 16.7. The molecule has 3 rings (SSSR count). The summed E-state index contributed by atoms with van der Waals surface area (Å²) in [6, 6.07) is 12.3. The predicted octanol–water partition coefficient (Wildman–Crippen LogP) is 2.73. The fourth-order valence-electron chi connectivity index (χ4n) is 2.68. The molecule has 0 fully saturated rings. The molecule has 0 aromatic heterocycles. The molecule has 3 N–H and O–H groups in total. The van der Waals surface area contributed by atoms with E-state index in [0.717, 1.165) is 30.2 Å². The molecule has 0 bridgehead atoms. The van der Waals surface area contributed by atoms with Crippen LogP contribution in [0.4, 0.5) is 5.69 Å². The quantitative estimate of drug-likeness (QED) is 0.803. The van der Waals surface area contributed by atoms with Gasteiger partial charge >= 0.3 is 0 Å². The third kappa shape index (κ3) is 3.68. The molecule has 1 heterocycles. The number of anilines is 1. The van der Waals surface area contributed by atoms with Gasteiger partial charge in [-0.3, -0.25) is 0 Å². The lowest BCUT2D eigenvalue weighted by molar-refractivity contribution is 0.174. The Hall–Kier alpha value is -2.40. The van der Waals surface area contributed by atoms with Crippen molar-refractivity contribution in [3.63, 3.8) is 0 Å². The zero-order valence-electron chi connectivity index (χ0n) is 13.5. The largest absolute Gasteiger partial charge is 0.495 e. The van der Waals surface area contributed by atoms with E-state index in [1.807, 2.05) is 30.3 Å². The topological polar surface area (TPSA) is 65.7 Å². The first-order valence-corrected chi connectivity index (χ1v) is 7.70. The average molecular weight is 314 g/mol. The normalized spacial score (nSPS) is 13.8. The highest BCUT2D eigenvalue weighted by Gasteiger charge is 2.13. The van der Waals surface area contributed by atoms with E-state index >= 15 is 0 Å². The SMILES string of the molecule is COc1ccc(CC(C)NCc2ccc3c(c2)OCO3)cc1N. The summed E-state index contributed by atoms with van der Waals surface area (Å²) in [5.74, 6) is 2.35. The zero-order chi connectivity index (χ0) is 16.2. The van der Waals surface area contributed by atoms with E-state index in [0.29, 0.717) is 18.5 Å². The van der Waals surface area contributed by atoms with Crippen LogP contribution in [0.3, 0.4) is 0 Å². The van der Waals surface area contributed by atoms with Crippen LogP contribution in [0.15, 0.2) is 36.4 Å². The first-order chi connectivity index (χ1) is 11.2. The number of hydrogen-bond donors (Lipinski definition) is 2. The summed E-state index contributed by atoms with van der Waals surface area (Å²) in [7, 11) is 1.63. The van der Waals surface area contributed by atoms with E-state index in [1.54, 1.807) is 7.11 Å². The van der Waals surface area contributed by atoms with E-state index in [4.69, 9.17) is 19.9 Å². The molecule has 0 radical (unpaired) electrons. The molecule has 0 amide bonds. The van der Waals surface area contributed by atoms with Gasteiger partial charge in [-0.1, -0.05) is 12.1 Å². The predicted molar refractivity (Wildman–Crippen MR) is 90.0 cm³/mol. The number of fused-ring (bicyclic) bond motifs is 1. The van der Waals surface area contributed by atoms with Gasteiger partial charge in [0.2, 0.25) is 6.79 Å². The molecular weight excluding hydrogens is 292 g/mol. The van der Waals surface area contributed by atoms with Crippen molar-refractivity contribution in [2.45, 2.75) is 25.9 Å². The second-order valence-electron chi connectivity index (χ2n) is 5.75. The number of nitrogens with one attached hydrogen (secondary N) is 1. The highest BCUT2D eigenvalue weighted by molar-refractivity contribution is 5.54. The van der Waals surface area contributed by atoms with Crippen LogP contribution in [0.1, 0.15) is 18.1 Å². The third-order valence-corrected chi connectivity index (χ3v) is 3.93. The standard InChI is InChI=1S/C18H22N2O3/c1-12(7-13-3-5-16(21-2)15(19)8-13)20-10-14-4-6-17-18(9-14)23-11-22-17/h3-6,8-9,12,20H,7,10-11,19H2,1-2H3. The van der Waals surface area contributed by atoms with Gasteiger partial charge in [0.1, 0.15) is 5.75 Å². The Bertz CT molecular complexity index is 688. The summed E-state index contributed by atoms with van der Waals surface area (Å²) in [5.41, 5.74) is 8.99. The lowest BCUT2D eigenvalue weighted by Crippen LogP contribution is -2.27. The van der Waals surface area contributed by atoms with Crippen LogP contribution in [0.5, 0.6) is 17.2 Å². The van der Waals surface area contributed by atoms with Crippen molar-refractivity contribution in [3.05, 3.63) is 47.5 Å². The Kier molecular flexibility index (Phi) is 4.57. The maximum absolute atomic E-state index is 5.95. The van der Waals surface area contributed by atoms with Gasteiger partial charge in [0.05, 0.1) is 12.8 Å². The smallest absolute Gasteiger partial charge is 0.231 e. The molecule has 23 heavy (non-hydrogen) atoms. The van der Waals surface area contributed by atoms with Gasteiger partial charge in [0.15, 0.2) is 11.5 Å². The first-order valence-electron chi connectivity index (χ1n) is 7.70. The molecule has 0 saturated heterocycles. The number of ether oxygens (including phenoxy) is 3. The fourth-order valence-corrected chi connectivity index (χ4v) is 2.68. The second kappa shape index (κ2) is 6.79. The molecule has 5 nitrogen and oxygen atoms in total. The minimum Gasteiger partial charge on any atom is -0.495 e. The van der Waals surface area contributed by atoms with Gasteiger partial charge in [0.25, 0.3) is 0 Å². The maximum atomic E-state index is 5.95. The lowest BCUT2D eigenvalue weighted by atomic mass is 10.1. The number of methoxy groups -OCH3 is 1. The van der Waals surface area contributed by atoms with Crippen molar-refractivity contribution in [3.8, 4) is 17.2 Å². The molecule has 0 saturated carbocycles. The summed E-state index contributed by atoms with van der Waals surface area (Å²) in [6.07, 6.45) is 0.902. The number of hydrogen-bond acceptors (Lipinski definition) is 5. The van der Waals surface area contributed by atoms with Crippen molar-refractivity contribution >= 4 is 5.69 Å². The van der Waals surface area contributed by atoms with Crippen molar-refractivity contribution in [1.82, 2.24) is 5.32 Å². The number of nitrogens with two attached hydrogens (primary N) is 1. The third-order valence-electron chi connectivity index (χ3n) is 3.93. The van der Waals surface area contributed by atoms with Crippen LogP contribution in [-0.2, 0) is 13.0 Å². The Balaban J connectivity index is 1.55. The van der Waals surface area contributed by atoms with Gasteiger partial charge in [-0.15, -0.1) is 0 Å². The second-order valence-corrected chi connectivity index (χ2v) is 5.75. The van der Waals surface area contributed by atoms with Gasteiger partial charge in [-0.2, -0.15) is 0 Å². The van der Waals surface area contributed by atoms with Crippen molar-refractivity contribution in [1.29, 1.82) is 0 Å². The molecule has 1 aliphatic rings. The van der Waals surface area contributed by atoms with E-state index < -0.39 is 0 Å². The summed E-state index contributed by atoms with van der Waals surface area (Å²) < 4.78 is 15.9. The van der Waals surface area contributed by atoms with E-state index in [1.165, 1.54) is 11.1 Å². The van der Waals surface area contributed by atoms with Crippen LogP contribution in [0.2, 0.25) is 0 Å². The van der Waals surface area contributed by atoms with Crippen molar-refractivity contribution in [2.24, 2.45) is 0 Å². The van der Waals surface area contributed by atoms with Crippen LogP contribution in [0.25, 0.3) is 0 Å². The molecule has 2 aromatic carbocycles. The maximum Gasteiger partial charge on any atom is 0.231 e. The molecule has 1 atom stereocenters. The van der Waals surface area contributed by atoms with Gasteiger partial charge in [-0.25, -0.2) is 0 Å². The van der Waals surface area contributed by atoms with Crippen LogP contribution in [0, 0.1) is 0 Å². The van der Waals surface area contributed by atoms with Gasteiger partial charge < -0.3 is 25.3 Å². The Morgan fingerprint density at radius 1 is 1.13 bits per heavy atom. The first kappa shape index (κ1) is 15.5. The molecule has 1 unspecified atom stereocenters. The summed E-state index contributed by atoms with van der Waals surface area (Å²) in [4.78, 5) is 0. The van der Waals surface area contributed by atoms with E-state index in [-0.39, 0.29) is 0 Å². The molecule has 0 spiro atoms. The van der Waals surface area contributed by atoms with Crippen LogP contribution in [-0.4, -0.2) is 19.9 Å². The summed E-state index contributed by atoms with van der Waals surface area (Å²) in [6.45, 7) is 3.25. The average Bonchev–Trinajstić information content (AvgIpc) is 3.01. The van der Waals surface area contributed by atoms with Crippen molar-refractivity contribution in [2.75, 3.05) is 19.6 Å². The highest BCUT2D eigenvalue weighted by Crippen LogP contribution is 2.32. The lowest BCUT2D eigenvalue weighted by Gasteiger charge is -2.15. The van der Waals surface area contributed by atoms with Crippen LogP contribution < -0.4 is 25.3 Å². The van der Waals surface area contributed by atoms with Gasteiger partial charge in [-0.05, 0) is 48.7 Å². The molecule has 0 aliphatic carbocycles. The molecule has 2 aromatic rings. The Morgan fingerprint density at radius 3 is 2.70 bits per heavy atom.